The number of aliphatic hydroxyl groups is 1. The summed E-state index contributed by atoms with van der Waals surface area (Å²) in [5.41, 5.74) is 6.15. The number of carbonyl (C=O) groups excluding carboxylic acids is 1. The summed E-state index contributed by atoms with van der Waals surface area (Å²) in [5.74, 6) is 1.01. The molecule has 0 saturated heterocycles. The normalized spacial score (nSPS) is 15.9. The van der Waals surface area contributed by atoms with Crippen molar-refractivity contribution in [2.45, 2.75) is 33.1 Å². The predicted octanol–water partition coefficient (Wildman–Crippen LogP) is 4.81. The molecule has 1 unspecified atom stereocenters. The van der Waals surface area contributed by atoms with Gasteiger partial charge in [0.15, 0.2) is 5.78 Å². The first-order valence-corrected chi connectivity index (χ1v) is 12.1. The minimum atomic E-state index is -0.0724. The fourth-order valence-electron chi connectivity index (χ4n) is 4.65. The summed E-state index contributed by atoms with van der Waals surface area (Å²) in [7, 11) is 1.61. The average Bonchev–Trinajstić information content (AvgIpc) is 2.90. The average molecular weight is 481 g/mol. The zero-order chi connectivity index (χ0) is 26.0. The second-order valence-electron chi connectivity index (χ2n) is 9.36. The number of aliphatic hydroxyl groups excluding tert-OH is 1. The number of rotatable bonds is 6. The summed E-state index contributed by atoms with van der Waals surface area (Å²) in [6.07, 6.45) is 4.47. The minimum Gasteiger partial charge on any atom is -0.507 e. The third-order valence-corrected chi connectivity index (χ3v) is 6.98. The van der Waals surface area contributed by atoms with Gasteiger partial charge in [0.2, 0.25) is 0 Å². The number of carbonyl (C=O) groups is 1. The molecule has 0 radical (unpaired) electrons. The van der Waals surface area contributed by atoms with Gasteiger partial charge in [-0.15, -0.1) is 0 Å². The summed E-state index contributed by atoms with van der Waals surface area (Å²) in [6.45, 7) is 10.1. The van der Waals surface area contributed by atoms with Gasteiger partial charge in [-0.2, -0.15) is 0 Å². The van der Waals surface area contributed by atoms with Gasteiger partial charge >= 0.3 is 0 Å². The smallest absolute Gasteiger partial charge is 0.194 e. The van der Waals surface area contributed by atoms with E-state index in [9.17, 15) is 15.0 Å². The number of aryl methyl sites for hydroxylation is 1. The lowest BCUT2D eigenvalue weighted by Crippen LogP contribution is -2.29. The van der Waals surface area contributed by atoms with Crippen LogP contribution in [0.5, 0.6) is 11.5 Å². The Morgan fingerprint density at radius 3 is 2.25 bits per heavy atom. The number of ether oxygens (including phenoxy) is 1. The third kappa shape index (κ3) is 4.77. The summed E-state index contributed by atoms with van der Waals surface area (Å²) >= 11 is 0. The molecule has 3 aromatic carbocycles. The first-order chi connectivity index (χ1) is 17.2. The van der Waals surface area contributed by atoms with Gasteiger partial charge in [-0.05, 0) is 100 Å². The van der Waals surface area contributed by atoms with Crippen molar-refractivity contribution in [1.29, 1.82) is 0 Å². The summed E-state index contributed by atoms with van der Waals surface area (Å²) in [6, 6.07) is 17.4. The van der Waals surface area contributed by atoms with E-state index in [4.69, 9.17) is 4.74 Å². The number of methoxy groups -OCH3 is 1. The van der Waals surface area contributed by atoms with Gasteiger partial charge in [-0.1, -0.05) is 49.9 Å². The Labute approximate surface area is 212 Å². The zero-order valence-corrected chi connectivity index (χ0v) is 21.3. The minimum absolute atomic E-state index is 0.0724. The Morgan fingerprint density at radius 1 is 0.972 bits per heavy atom. The van der Waals surface area contributed by atoms with E-state index < -0.39 is 0 Å². The maximum atomic E-state index is 13.9. The van der Waals surface area contributed by atoms with Gasteiger partial charge in [-0.3, -0.25) is 4.79 Å². The summed E-state index contributed by atoms with van der Waals surface area (Å²) in [5, 5.41) is 21.4. The monoisotopic (exact) mass is 480 g/mol. The molecule has 36 heavy (non-hydrogen) atoms. The highest BCUT2D eigenvalue weighted by molar-refractivity contribution is 6.45. The van der Waals surface area contributed by atoms with Crippen molar-refractivity contribution >= 4 is 29.1 Å². The number of benzene rings is 3. The number of phenols is 1. The predicted molar refractivity (Wildman–Crippen MR) is 146 cm³/mol. The molecule has 2 N–H and O–H groups in total. The van der Waals surface area contributed by atoms with Crippen LogP contribution in [0.25, 0.3) is 23.3 Å². The van der Waals surface area contributed by atoms with Crippen molar-refractivity contribution in [3.05, 3.63) is 105 Å². The van der Waals surface area contributed by atoms with Crippen molar-refractivity contribution in [1.82, 2.24) is 0 Å². The highest BCUT2D eigenvalue weighted by atomic mass is 16.5. The zero-order valence-electron chi connectivity index (χ0n) is 21.3. The quantitative estimate of drug-likeness (QED) is 0.531. The summed E-state index contributed by atoms with van der Waals surface area (Å²) < 4.78 is 5.41. The number of hydrogen-bond acceptors (Lipinski definition) is 4. The largest absolute Gasteiger partial charge is 0.507 e. The molecular formula is C32H32O4. The summed E-state index contributed by atoms with van der Waals surface area (Å²) in [4.78, 5) is 13.9. The van der Waals surface area contributed by atoms with Crippen LogP contribution >= 0.6 is 0 Å². The van der Waals surface area contributed by atoms with E-state index in [1.54, 1.807) is 7.11 Å². The molecule has 4 heteroatoms. The standard InChI is InChI=1S/C32H32O4/c1-19(12-13-33)23-8-6-9-24(15-23)29-17-26(28-14-20(2)31(34)22(4)21(28)3)18-30(32(29)35)25-10-7-11-27(16-25)36-5/h6-11,14-19,33-34H,3,12-13H2,1-2,4-5H3/b28-26-. The SMILES string of the molecule is C=c1c(C)c(O)c(C)c/c1=C1/C=C(c2cccc(OC)c2)C(=O)C(c2cccc(C(C)CCO)c2)=C1. The van der Waals surface area contributed by atoms with Crippen LogP contribution in [-0.2, 0) is 4.79 Å². The lowest BCUT2D eigenvalue weighted by atomic mass is 9.84. The highest BCUT2D eigenvalue weighted by Gasteiger charge is 2.24. The lowest BCUT2D eigenvalue weighted by molar-refractivity contribution is -0.108. The van der Waals surface area contributed by atoms with Crippen LogP contribution in [0.15, 0.2) is 66.7 Å². The lowest BCUT2D eigenvalue weighted by Gasteiger charge is -2.19. The number of hydrogen-bond donors (Lipinski definition) is 2. The molecule has 0 saturated carbocycles. The highest BCUT2D eigenvalue weighted by Crippen LogP contribution is 2.34. The second-order valence-corrected chi connectivity index (χ2v) is 9.36. The molecule has 4 nitrogen and oxygen atoms in total. The van der Waals surface area contributed by atoms with Gasteiger partial charge < -0.3 is 14.9 Å². The molecule has 0 aliphatic heterocycles. The van der Waals surface area contributed by atoms with Crippen molar-refractivity contribution in [3.63, 3.8) is 0 Å². The van der Waals surface area contributed by atoms with Crippen LogP contribution in [0.3, 0.4) is 0 Å². The molecule has 1 aliphatic carbocycles. The molecule has 3 aromatic rings. The van der Waals surface area contributed by atoms with Gasteiger partial charge in [0.25, 0.3) is 0 Å². The van der Waals surface area contributed by atoms with Gasteiger partial charge in [0.1, 0.15) is 11.5 Å². The van der Waals surface area contributed by atoms with E-state index in [0.717, 1.165) is 43.8 Å². The molecule has 0 heterocycles. The van der Waals surface area contributed by atoms with Crippen LogP contribution in [0.1, 0.15) is 47.1 Å². The van der Waals surface area contributed by atoms with Gasteiger partial charge in [-0.25, -0.2) is 0 Å². The first-order valence-electron chi connectivity index (χ1n) is 12.1. The molecule has 0 amide bonds. The van der Waals surface area contributed by atoms with Crippen LogP contribution in [0.4, 0.5) is 0 Å². The van der Waals surface area contributed by atoms with Crippen molar-refractivity contribution in [2.75, 3.05) is 13.7 Å². The van der Waals surface area contributed by atoms with Gasteiger partial charge in [0, 0.05) is 17.8 Å². The van der Waals surface area contributed by atoms with Gasteiger partial charge in [0.05, 0.1) is 7.11 Å². The fraction of sp³-hybridized carbons (Fsp3) is 0.219. The maximum Gasteiger partial charge on any atom is 0.194 e. The molecular weight excluding hydrogens is 448 g/mol. The molecule has 0 bridgehead atoms. The number of allylic oxidation sites excluding steroid dienone is 4. The second kappa shape index (κ2) is 10.4. The maximum absolute atomic E-state index is 13.9. The Bertz CT molecular complexity index is 1510. The Kier molecular flexibility index (Phi) is 7.27. The van der Waals surface area contributed by atoms with E-state index >= 15 is 0 Å². The van der Waals surface area contributed by atoms with E-state index in [1.807, 2.05) is 80.6 Å². The number of Topliss-reactive ketones (excluding diaryl/α,β-unsaturated/α-hetero) is 1. The molecule has 0 spiro atoms. The van der Waals surface area contributed by atoms with E-state index in [0.29, 0.717) is 23.3 Å². The number of aromatic hydroxyl groups is 1. The van der Waals surface area contributed by atoms with Crippen LogP contribution in [0, 0.1) is 13.8 Å². The Balaban J connectivity index is 2.00. The van der Waals surface area contributed by atoms with Crippen molar-refractivity contribution in [3.8, 4) is 11.5 Å². The Morgan fingerprint density at radius 2 is 1.61 bits per heavy atom. The number of ketones is 1. The van der Waals surface area contributed by atoms with Crippen LogP contribution in [0.2, 0.25) is 0 Å². The van der Waals surface area contributed by atoms with E-state index in [2.05, 4.69) is 13.5 Å². The molecule has 0 aromatic heterocycles. The third-order valence-electron chi connectivity index (χ3n) is 6.98. The van der Waals surface area contributed by atoms with E-state index in [-0.39, 0.29) is 24.1 Å². The molecule has 4 rings (SSSR count). The fourth-order valence-corrected chi connectivity index (χ4v) is 4.65. The molecule has 0 fully saturated rings. The van der Waals surface area contributed by atoms with Crippen LogP contribution in [-0.4, -0.2) is 29.7 Å². The van der Waals surface area contributed by atoms with Crippen molar-refractivity contribution < 1.29 is 19.7 Å². The molecule has 1 atom stereocenters. The number of phenolic OH excluding ortho intramolecular Hbond substituents is 1. The molecule has 184 valence electrons. The topological polar surface area (TPSA) is 66.8 Å². The van der Waals surface area contributed by atoms with E-state index in [1.165, 1.54) is 0 Å². The van der Waals surface area contributed by atoms with Crippen molar-refractivity contribution in [2.24, 2.45) is 0 Å². The molecule has 1 aliphatic rings. The van der Waals surface area contributed by atoms with Crippen LogP contribution < -0.4 is 15.2 Å². The Hall–Kier alpha value is -3.89. The first kappa shape index (κ1) is 25.2.